The molecule has 0 unspecified atom stereocenters. The van der Waals surface area contributed by atoms with E-state index in [1.54, 1.807) is 7.11 Å². The molecular weight excluding hydrogens is 284 g/mol. The molecule has 2 aromatic carbocycles. The van der Waals surface area contributed by atoms with Gasteiger partial charge in [0.15, 0.2) is 0 Å². The Morgan fingerprint density at radius 1 is 1.17 bits per heavy atom. The zero-order valence-corrected chi connectivity index (χ0v) is 14.3. The summed E-state index contributed by atoms with van der Waals surface area (Å²) in [5.74, 6) is 1.42. The summed E-state index contributed by atoms with van der Waals surface area (Å²) in [6.45, 7) is 4.83. The second kappa shape index (κ2) is 6.37. The minimum Gasteiger partial charge on any atom is -0.497 e. The lowest BCUT2D eigenvalue weighted by Gasteiger charge is -2.29. The van der Waals surface area contributed by atoms with E-state index in [1.807, 2.05) is 18.2 Å². The van der Waals surface area contributed by atoms with E-state index in [9.17, 15) is 5.11 Å². The minimum atomic E-state index is 0.0958. The molecule has 0 aromatic heterocycles. The molecule has 1 N–H and O–H groups in total. The van der Waals surface area contributed by atoms with Gasteiger partial charge in [0.2, 0.25) is 0 Å². The number of methoxy groups -OCH3 is 1. The van der Waals surface area contributed by atoms with Crippen LogP contribution in [0, 0.1) is 5.41 Å². The first kappa shape index (κ1) is 16.1. The van der Waals surface area contributed by atoms with Gasteiger partial charge in [-0.25, -0.2) is 0 Å². The molecule has 1 aliphatic carbocycles. The molecule has 1 saturated carbocycles. The van der Waals surface area contributed by atoms with Crippen LogP contribution in [0.25, 0.3) is 11.1 Å². The van der Waals surface area contributed by atoms with Crippen molar-refractivity contribution < 1.29 is 9.84 Å². The zero-order chi connectivity index (χ0) is 16.4. The maximum atomic E-state index is 9.56. The van der Waals surface area contributed by atoms with Crippen LogP contribution in [0.15, 0.2) is 42.5 Å². The molecule has 0 spiro atoms. The van der Waals surface area contributed by atoms with Crippen LogP contribution < -0.4 is 4.74 Å². The number of benzene rings is 2. The van der Waals surface area contributed by atoms with Gasteiger partial charge >= 0.3 is 0 Å². The van der Waals surface area contributed by atoms with Gasteiger partial charge in [-0.15, -0.1) is 0 Å². The lowest BCUT2D eigenvalue weighted by Crippen LogP contribution is -2.16. The third kappa shape index (κ3) is 3.13. The quantitative estimate of drug-likeness (QED) is 0.846. The molecule has 23 heavy (non-hydrogen) atoms. The molecule has 0 amide bonds. The number of aliphatic hydroxyl groups excluding tert-OH is 1. The Morgan fingerprint density at radius 3 is 2.65 bits per heavy atom. The van der Waals surface area contributed by atoms with Gasteiger partial charge < -0.3 is 9.84 Å². The highest BCUT2D eigenvalue weighted by Crippen LogP contribution is 2.51. The third-order valence-electron chi connectivity index (χ3n) is 5.31. The first-order valence-electron chi connectivity index (χ1n) is 8.43. The second-order valence-corrected chi connectivity index (χ2v) is 7.25. The highest BCUT2D eigenvalue weighted by atomic mass is 16.5. The maximum absolute atomic E-state index is 9.56. The normalized spacial score (nSPS) is 19.7. The molecule has 2 aromatic rings. The van der Waals surface area contributed by atoms with E-state index >= 15 is 0 Å². The van der Waals surface area contributed by atoms with Gasteiger partial charge in [-0.2, -0.15) is 0 Å². The molecule has 2 heteroatoms. The summed E-state index contributed by atoms with van der Waals surface area (Å²) in [5.41, 5.74) is 5.12. The maximum Gasteiger partial charge on any atom is 0.119 e. The van der Waals surface area contributed by atoms with Crippen LogP contribution in [0.1, 0.15) is 50.2 Å². The van der Waals surface area contributed by atoms with Crippen molar-refractivity contribution in [3.63, 3.8) is 0 Å². The molecule has 122 valence electrons. The number of hydrogen-bond acceptors (Lipinski definition) is 2. The minimum absolute atomic E-state index is 0.0958. The topological polar surface area (TPSA) is 29.5 Å². The monoisotopic (exact) mass is 310 g/mol. The predicted octanol–water partition coefficient (Wildman–Crippen LogP) is 5.15. The van der Waals surface area contributed by atoms with E-state index in [4.69, 9.17) is 4.74 Å². The van der Waals surface area contributed by atoms with Crippen LogP contribution in [0.2, 0.25) is 0 Å². The van der Waals surface area contributed by atoms with E-state index in [2.05, 4.69) is 38.1 Å². The van der Waals surface area contributed by atoms with Crippen molar-refractivity contribution in [3.05, 3.63) is 53.6 Å². The lowest BCUT2D eigenvalue weighted by molar-refractivity contribution is 0.281. The number of hydrogen-bond donors (Lipinski definition) is 1. The summed E-state index contributed by atoms with van der Waals surface area (Å²) in [6, 6.07) is 14.6. The summed E-state index contributed by atoms with van der Waals surface area (Å²) in [7, 11) is 1.70. The van der Waals surface area contributed by atoms with Gasteiger partial charge in [0.1, 0.15) is 5.75 Å². The van der Waals surface area contributed by atoms with Gasteiger partial charge in [0.05, 0.1) is 13.7 Å². The van der Waals surface area contributed by atoms with Crippen molar-refractivity contribution in [1.82, 2.24) is 0 Å². The van der Waals surface area contributed by atoms with Gasteiger partial charge in [-0.3, -0.25) is 0 Å². The van der Waals surface area contributed by atoms with Crippen molar-refractivity contribution in [3.8, 4) is 16.9 Å². The van der Waals surface area contributed by atoms with Gasteiger partial charge in [-0.05, 0) is 58.6 Å². The number of rotatable bonds is 4. The number of aliphatic hydroxyl groups is 1. The summed E-state index contributed by atoms with van der Waals surface area (Å²) < 4.78 is 5.39. The van der Waals surface area contributed by atoms with E-state index in [0.717, 1.165) is 11.3 Å². The molecule has 1 aliphatic rings. The summed E-state index contributed by atoms with van der Waals surface area (Å²) in [6.07, 6.45) is 3.76. The molecule has 1 atom stereocenters. The molecule has 0 saturated heterocycles. The van der Waals surface area contributed by atoms with Crippen LogP contribution in [0.3, 0.4) is 0 Å². The zero-order valence-electron chi connectivity index (χ0n) is 14.3. The molecule has 2 nitrogen and oxygen atoms in total. The molecular formula is C21H26O2. The first-order chi connectivity index (χ1) is 11.0. The van der Waals surface area contributed by atoms with Crippen molar-refractivity contribution in [1.29, 1.82) is 0 Å². The van der Waals surface area contributed by atoms with Crippen molar-refractivity contribution in [2.45, 2.75) is 45.6 Å². The Bertz CT molecular complexity index is 688. The highest BCUT2D eigenvalue weighted by molar-refractivity contribution is 5.70. The van der Waals surface area contributed by atoms with E-state index in [1.165, 1.54) is 36.0 Å². The van der Waals surface area contributed by atoms with Crippen LogP contribution in [-0.4, -0.2) is 12.2 Å². The van der Waals surface area contributed by atoms with Crippen LogP contribution >= 0.6 is 0 Å². The highest BCUT2D eigenvalue weighted by Gasteiger charge is 2.36. The van der Waals surface area contributed by atoms with E-state index in [-0.39, 0.29) is 6.61 Å². The fraction of sp³-hybridized carbons (Fsp3) is 0.429. The summed E-state index contributed by atoms with van der Waals surface area (Å²) >= 11 is 0. The Kier molecular flexibility index (Phi) is 4.45. The fourth-order valence-electron chi connectivity index (χ4n) is 3.96. The summed E-state index contributed by atoms with van der Waals surface area (Å²) in [4.78, 5) is 0. The van der Waals surface area contributed by atoms with Crippen molar-refractivity contribution >= 4 is 0 Å². The average Bonchev–Trinajstić information content (AvgIpc) is 2.93. The predicted molar refractivity (Wildman–Crippen MR) is 94.7 cm³/mol. The van der Waals surface area contributed by atoms with E-state index in [0.29, 0.717) is 11.3 Å². The third-order valence-corrected chi connectivity index (χ3v) is 5.31. The van der Waals surface area contributed by atoms with Crippen LogP contribution in [0.4, 0.5) is 0 Å². The Labute approximate surface area is 139 Å². The number of ether oxygens (including phenoxy) is 1. The van der Waals surface area contributed by atoms with Gasteiger partial charge in [0.25, 0.3) is 0 Å². The van der Waals surface area contributed by atoms with Crippen LogP contribution in [0.5, 0.6) is 5.75 Å². The Morgan fingerprint density at radius 2 is 2.00 bits per heavy atom. The van der Waals surface area contributed by atoms with Crippen molar-refractivity contribution in [2.75, 3.05) is 7.11 Å². The van der Waals surface area contributed by atoms with Crippen molar-refractivity contribution in [2.24, 2.45) is 5.41 Å². The molecule has 0 heterocycles. The fourth-order valence-corrected chi connectivity index (χ4v) is 3.96. The van der Waals surface area contributed by atoms with Gasteiger partial charge in [0, 0.05) is 0 Å². The average molecular weight is 310 g/mol. The van der Waals surface area contributed by atoms with E-state index < -0.39 is 0 Å². The molecule has 0 radical (unpaired) electrons. The molecule has 0 aliphatic heterocycles. The standard InChI is InChI=1S/C21H26O2/c1-21(2)11-5-8-20(21)19-12-15(14-22)9-10-18(19)16-6-4-7-17(13-16)23-3/h4,6-7,9-10,12-13,20,22H,5,8,11,14H2,1-3H3/t20-/m0/s1. The largest absolute Gasteiger partial charge is 0.497 e. The second-order valence-electron chi connectivity index (χ2n) is 7.25. The first-order valence-corrected chi connectivity index (χ1v) is 8.43. The molecule has 0 bridgehead atoms. The summed E-state index contributed by atoms with van der Waals surface area (Å²) in [5, 5.41) is 9.56. The molecule has 1 fully saturated rings. The van der Waals surface area contributed by atoms with Gasteiger partial charge in [-0.1, -0.05) is 50.6 Å². The Balaban J connectivity index is 2.13. The SMILES string of the molecule is COc1cccc(-c2ccc(CO)cc2[C@@H]2CCCC2(C)C)c1. The smallest absolute Gasteiger partial charge is 0.119 e. The molecule has 3 rings (SSSR count). The lowest BCUT2D eigenvalue weighted by atomic mass is 9.75. The van der Waals surface area contributed by atoms with Crippen LogP contribution in [-0.2, 0) is 6.61 Å². The Hall–Kier alpha value is -1.80.